The fraction of sp³-hybridized carbons (Fsp3) is 0.667. The van der Waals surface area contributed by atoms with Gasteiger partial charge in [0.05, 0.1) is 18.1 Å². The highest BCUT2D eigenvalue weighted by Crippen LogP contribution is 2.33. The van der Waals surface area contributed by atoms with E-state index in [1.165, 1.54) is 4.31 Å². The Morgan fingerprint density at radius 2 is 1.89 bits per heavy atom. The lowest BCUT2D eigenvalue weighted by Crippen LogP contribution is -2.44. The molecule has 3 rings (SSSR count). The van der Waals surface area contributed by atoms with Gasteiger partial charge in [-0.25, -0.2) is 8.42 Å². The van der Waals surface area contributed by atoms with Crippen molar-refractivity contribution in [1.82, 2.24) is 9.21 Å². The summed E-state index contributed by atoms with van der Waals surface area (Å²) in [5.74, 6) is 0.334. The van der Waals surface area contributed by atoms with Crippen molar-refractivity contribution in [2.24, 2.45) is 5.92 Å². The normalized spacial score (nSPS) is 20.6. The molecule has 7 heteroatoms. The standard InChI is InChI=1S/C21H32N2O4S/c1-5-15(2)17(4)23(19-8-9-19)21(24)18-7-6-16(3)20(14-18)28(25,26)22-10-12-27-13-11-22/h6-7,14-15,17,19H,5,8-13H2,1-4H3. The number of rotatable bonds is 7. The zero-order valence-electron chi connectivity index (χ0n) is 17.3. The molecule has 0 radical (unpaired) electrons. The Kier molecular flexibility index (Phi) is 6.47. The summed E-state index contributed by atoms with van der Waals surface area (Å²) in [6.07, 6.45) is 3.05. The third kappa shape index (κ3) is 4.26. The Morgan fingerprint density at radius 1 is 1.25 bits per heavy atom. The minimum Gasteiger partial charge on any atom is -0.379 e. The number of carbonyl (C=O) groups excluding carboxylic acids is 1. The Morgan fingerprint density at radius 3 is 2.46 bits per heavy atom. The van der Waals surface area contributed by atoms with Gasteiger partial charge in [-0.05, 0) is 50.3 Å². The van der Waals surface area contributed by atoms with Crippen molar-refractivity contribution in [1.29, 1.82) is 0 Å². The van der Waals surface area contributed by atoms with Crippen molar-refractivity contribution in [2.75, 3.05) is 26.3 Å². The van der Waals surface area contributed by atoms with E-state index < -0.39 is 10.0 Å². The van der Waals surface area contributed by atoms with Crippen LogP contribution in [-0.4, -0.2) is 61.9 Å². The lowest BCUT2D eigenvalue weighted by atomic mass is 9.98. The highest BCUT2D eigenvalue weighted by molar-refractivity contribution is 7.89. The Balaban J connectivity index is 1.92. The van der Waals surface area contributed by atoms with Gasteiger partial charge in [0.1, 0.15) is 0 Å². The predicted octanol–water partition coefficient (Wildman–Crippen LogP) is 3.06. The average molecular weight is 409 g/mol. The molecule has 2 atom stereocenters. The van der Waals surface area contributed by atoms with Gasteiger partial charge in [-0.1, -0.05) is 26.3 Å². The van der Waals surface area contributed by atoms with E-state index in [1.54, 1.807) is 25.1 Å². The lowest BCUT2D eigenvalue weighted by molar-refractivity contribution is 0.0615. The lowest BCUT2D eigenvalue weighted by Gasteiger charge is -2.33. The number of sulfonamides is 1. The van der Waals surface area contributed by atoms with E-state index >= 15 is 0 Å². The molecule has 0 spiro atoms. The van der Waals surface area contributed by atoms with Gasteiger partial charge in [-0.15, -0.1) is 0 Å². The summed E-state index contributed by atoms with van der Waals surface area (Å²) < 4.78 is 33.0. The summed E-state index contributed by atoms with van der Waals surface area (Å²) in [6, 6.07) is 5.48. The second-order valence-corrected chi connectivity index (χ2v) is 9.97. The first-order chi connectivity index (χ1) is 13.3. The molecule has 28 heavy (non-hydrogen) atoms. The van der Waals surface area contributed by atoms with E-state index in [0.717, 1.165) is 19.3 Å². The van der Waals surface area contributed by atoms with Crippen LogP contribution in [0, 0.1) is 12.8 Å². The van der Waals surface area contributed by atoms with Crippen LogP contribution in [-0.2, 0) is 14.8 Å². The van der Waals surface area contributed by atoms with Crippen LogP contribution in [0.15, 0.2) is 23.1 Å². The zero-order valence-corrected chi connectivity index (χ0v) is 18.2. The summed E-state index contributed by atoms with van der Waals surface area (Å²) in [6.45, 7) is 9.67. The van der Waals surface area contributed by atoms with Gasteiger partial charge < -0.3 is 9.64 Å². The highest BCUT2D eigenvalue weighted by Gasteiger charge is 2.38. The van der Waals surface area contributed by atoms with Crippen LogP contribution in [0.1, 0.15) is 56.0 Å². The Bertz CT molecular complexity index is 814. The van der Waals surface area contributed by atoms with Crippen molar-refractivity contribution in [3.63, 3.8) is 0 Å². The molecular formula is C21H32N2O4S. The number of hydrogen-bond donors (Lipinski definition) is 0. The molecule has 1 aromatic rings. The van der Waals surface area contributed by atoms with Crippen LogP contribution < -0.4 is 0 Å². The number of amides is 1. The van der Waals surface area contributed by atoms with Crippen molar-refractivity contribution in [2.45, 2.75) is 63.9 Å². The highest BCUT2D eigenvalue weighted by atomic mass is 32.2. The third-order valence-corrected chi connectivity index (χ3v) is 8.14. The van der Waals surface area contributed by atoms with Crippen LogP contribution in [0.3, 0.4) is 0 Å². The van der Waals surface area contributed by atoms with Gasteiger partial charge in [-0.3, -0.25) is 4.79 Å². The monoisotopic (exact) mass is 408 g/mol. The summed E-state index contributed by atoms with van der Waals surface area (Å²) in [5.41, 5.74) is 1.12. The van der Waals surface area contributed by atoms with Crippen molar-refractivity contribution < 1.29 is 17.9 Å². The fourth-order valence-corrected chi connectivity index (χ4v) is 5.40. The van der Waals surface area contributed by atoms with Gasteiger partial charge in [-0.2, -0.15) is 4.31 Å². The van der Waals surface area contributed by atoms with E-state index in [9.17, 15) is 13.2 Å². The second-order valence-electron chi connectivity index (χ2n) is 8.07. The van der Waals surface area contributed by atoms with Gasteiger partial charge in [0.2, 0.25) is 10.0 Å². The average Bonchev–Trinajstić information content (AvgIpc) is 3.53. The van der Waals surface area contributed by atoms with Gasteiger partial charge in [0.15, 0.2) is 0 Å². The topological polar surface area (TPSA) is 66.9 Å². The zero-order chi connectivity index (χ0) is 20.5. The smallest absolute Gasteiger partial charge is 0.254 e. The largest absolute Gasteiger partial charge is 0.379 e. The molecule has 1 heterocycles. The molecule has 0 bridgehead atoms. The van der Waals surface area contributed by atoms with E-state index in [1.807, 2.05) is 4.90 Å². The molecule has 0 aromatic heterocycles. The molecule has 6 nitrogen and oxygen atoms in total. The molecule has 1 aliphatic carbocycles. The van der Waals surface area contributed by atoms with Crippen LogP contribution in [0.4, 0.5) is 0 Å². The summed E-state index contributed by atoms with van der Waals surface area (Å²) >= 11 is 0. The van der Waals surface area contributed by atoms with Gasteiger partial charge in [0.25, 0.3) is 5.91 Å². The number of ether oxygens (including phenoxy) is 1. The molecular weight excluding hydrogens is 376 g/mol. The molecule has 2 aliphatic rings. The molecule has 156 valence electrons. The number of aryl methyl sites for hydroxylation is 1. The maximum Gasteiger partial charge on any atom is 0.254 e. The van der Waals surface area contributed by atoms with Gasteiger partial charge >= 0.3 is 0 Å². The van der Waals surface area contributed by atoms with Gasteiger partial charge in [0, 0.05) is 30.7 Å². The second kappa shape index (κ2) is 8.51. The van der Waals surface area contributed by atoms with Crippen molar-refractivity contribution >= 4 is 15.9 Å². The molecule has 1 aromatic carbocycles. The molecule has 2 fully saturated rings. The maximum absolute atomic E-state index is 13.4. The minimum absolute atomic E-state index is 0.0614. The maximum atomic E-state index is 13.4. The molecule has 1 amide bonds. The predicted molar refractivity (Wildman–Crippen MR) is 109 cm³/mol. The molecule has 1 aliphatic heterocycles. The minimum atomic E-state index is -3.64. The van der Waals surface area contributed by atoms with Crippen LogP contribution >= 0.6 is 0 Å². The molecule has 1 saturated heterocycles. The first kappa shape index (κ1) is 21.3. The van der Waals surface area contributed by atoms with Crippen LogP contribution in [0.2, 0.25) is 0 Å². The Hall–Kier alpha value is -1.44. The van der Waals surface area contributed by atoms with E-state index in [-0.39, 0.29) is 22.9 Å². The number of benzene rings is 1. The number of morpholine rings is 1. The quantitative estimate of drug-likeness (QED) is 0.695. The molecule has 0 N–H and O–H groups in total. The van der Waals surface area contributed by atoms with Crippen LogP contribution in [0.25, 0.3) is 0 Å². The van der Waals surface area contributed by atoms with Crippen molar-refractivity contribution in [3.05, 3.63) is 29.3 Å². The third-order valence-electron chi connectivity index (χ3n) is 6.10. The van der Waals surface area contributed by atoms with E-state index in [2.05, 4.69) is 20.8 Å². The summed E-state index contributed by atoms with van der Waals surface area (Å²) in [4.78, 5) is 15.6. The van der Waals surface area contributed by atoms with Crippen LogP contribution in [0.5, 0.6) is 0 Å². The van der Waals surface area contributed by atoms with Crippen molar-refractivity contribution in [3.8, 4) is 0 Å². The first-order valence-corrected chi connectivity index (χ1v) is 11.7. The Labute approximate surface area is 168 Å². The number of carbonyl (C=O) groups is 1. The fourth-order valence-electron chi connectivity index (χ4n) is 3.74. The molecule has 1 saturated carbocycles. The number of nitrogens with zero attached hydrogens (tertiary/aromatic N) is 2. The van der Waals surface area contributed by atoms with E-state index in [0.29, 0.717) is 43.3 Å². The molecule has 2 unspecified atom stereocenters. The SMILES string of the molecule is CCC(C)C(C)N(C(=O)c1ccc(C)c(S(=O)(=O)N2CCOCC2)c1)C1CC1. The summed E-state index contributed by atoms with van der Waals surface area (Å²) in [5, 5.41) is 0. The summed E-state index contributed by atoms with van der Waals surface area (Å²) in [7, 11) is -3.64. The number of hydrogen-bond acceptors (Lipinski definition) is 4. The first-order valence-electron chi connectivity index (χ1n) is 10.3. The van der Waals surface area contributed by atoms with E-state index in [4.69, 9.17) is 4.74 Å².